The van der Waals surface area contributed by atoms with Crippen LogP contribution in [0.2, 0.25) is 0 Å². The minimum atomic E-state index is -5.12. The molecule has 0 spiro atoms. The van der Waals surface area contributed by atoms with Gasteiger partial charge in [-0.15, -0.1) is 0 Å². The quantitative estimate of drug-likeness (QED) is 0.512. The number of para-hydroxylation sites is 1. The number of ether oxygens (including phenoxy) is 1. The van der Waals surface area contributed by atoms with E-state index in [0.717, 1.165) is 18.2 Å². The number of hydrogen-bond donors (Lipinski definition) is 1. The van der Waals surface area contributed by atoms with Crippen molar-refractivity contribution in [2.75, 3.05) is 6.61 Å². The summed E-state index contributed by atoms with van der Waals surface area (Å²) in [6, 6.07) is 2.53. The number of benzene rings is 1. The van der Waals surface area contributed by atoms with E-state index in [9.17, 15) is 32.5 Å². The fourth-order valence-electron chi connectivity index (χ4n) is 1.26. The van der Waals surface area contributed by atoms with Crippen molar-refractivity contribution >= 4 is 11.7 Å². The number of halogens is 4. The van der Waals surface area contributed by atoms with Gasteiger partial charge in [0.05, 0.1) is 4.92 Å². The van der Waals surface area contributed by atoms with Crippen LogP contribution in [0.4, 0.5) is 23.2 Å². The van der Waals surface area contributed by atoms with Crippen LogP contribution in [0.1, 0.15) is 0 Å². The zero-order valence-electron chi connectivity index (χ0n) is 9.56. The molecule has 1 rings (SSSR count). The lowest BCUT2D eigenvalue weighted by atomic mass is 10.1. The summed E-state index contributed by atoms with van der Waals surface area (Å²) in [5, 5.41) is 19.0. The van der Waals surface area contributed by atoms with E-state index in [1.54, 1.807) is 0 Å². The monoisotopic (exact) mass is 297 g/mol. The maximum atomic E-state index is 13.3. The number of carboxylic acids is 1. The number of nitrogens with zero attached hydrogens (tertiary/aromatic N) is 1. The molecule has 6 nitrogen and oxygen atoms in total. The smallest absolute Gasteiger partial charge is 0.405 e. The molecule has 20 heavy (non-hydrogen) atoms. The maximum Gasteiger partial charge on any atom is 0.405 e. The molecule has 0 saturated carbocycles. The zero-order valence-corrected chi connectivity index (χ0v) is 9.56. The molecule has 1 aromatic carbocycles. The van der Waals surface area contributed by atoms with Gasteiger partial charge in [-0.3, -0.25) is 14.9 Å². The molecule has 110 valence electrons. The predicted octanol–water partition coefficient (Wildman–Crippen LogP) is 2.38. The molecular formula is C10H7F4NO5. The summed E-state index contributed by atoms with van der Waals surface area (Å²) >= 11 is 0. The number of nitro groups is 1. The maximum absolute atomic E-state index is 13.3. The summed E-state index contributed by atoms with van der Waals surface area (Å²) in [6.45, 7) is -1.47. The van der Waals surface area contributed by atoms with Crippen LogP contribution in [0.3, 0.4) is 0 Å². The summed E-state index contributed by atoms with van der Waals surface area (Å²) < 4.78 is 54.7. The summed E-state index contributed by atoms with van der Waals surface area (Å²) in [5.74, 6) is -7.43. The van der Waals surface area contributed by atoms with Gasteiger partial charge in [-0.25, -0.2) is 4.39 Å². The molecule has 0 amide bonds. The first kappa shape index (κ1) is 15.7. The van der Waals surface area contributed by atoms with Gasteiger partial charge in [0, 0.05) is 6.07 Å². The van der Waals surface area contributed by atoms with Crippen LogP contribution in [0.5, 0.6) is 5.75 Å². The fraction of sp³-hybridized carbons (Fsp3) is 0.300. The van der Waals surface area contributed by atoms with E-state index in [-0.39, 0.29) is 0 Å². The van der Waals surface area contributed by atoms with Gasteiger partial charge >= 0.3 is 17.8 Å². The third-order valence-corrected chi connectivity index (χ3v) is 2.23. The van der Waals surface area contributed by atoms with E-state index in [0.29, 0.717) is 0 Å². The van der Waals surface area contributed by atoms with E-state index in [1.807, 2.05) is 0 Å². The number of nitro benzene ring substituents is 1. The second-order valence-corrected chi connectivity index (χ2v) is 3.59. The Kier molecular flexibility index (Phi) is 4.48. The summed E-state index contributed by atoms with van der Waals surface area (Å²) in [5.41, 5.74) is -0.892. The van der Waals surface area contributed by atoms with Gasteiger partial charge in [0.1, 0.15) is 6.61 Å². The van der Waals surface area contributed by atoms with Crippen LogP contribution < -0.4 is 4.74 Å². The van der Waals surface area contributed by atoms with E-state index in [4.69, 9.17) is 5.11 Å². The molecule has 0 aliphatic carbocycles. The van der Waals surface area contributed by atoms with Crippen LogP contribution in [-0.4, -0.2) is 28.8 Å². The van der Waals surface area contributed by atoms with Gasteiger partial charge in [-0.05, 0) is 6.07 Å². The number of alkyl halides is 3. The van der Waals surface area contributed by atoms with Crippen molar-refractivity contribution in [3.8, 4) is 5.75 Å². The van der Waals surface area contributed by atoms with Crippen molar-refractivity contribution in [3.63, 3.8) is 0 Å². The standard InChI is InChI=1S/C10H7F4NO5/c11-6-2-1-3-7(15(18)19)8(6)20-4-5(9(16)17)10(12,13)14/h1-3,5H,4H2,(H,16,17). The van der Waals surface area contributed by atoms with Crippen molar-refractivity contribution in [2.45, 2.75) is 6.18 Å². The molecule has 0 saturated heterocycles. The normalized spacial score (nSPS) is 12.8. The SMILES string of the molecule is O=C(O)C(COc1c(F)cccc1[N+](=O)[O-])C(F)(F)F. The summed E-state index contributed by atoms with van der Waals surface area (Å²) in [7, 11) is 0. The van der Waals surface area contributed by atoms with E-state index in [1.165, 1.54) is 0 Å². The number of aliphatic carboxylic acids is 1. The highest BCUT2D eigenvalue weighted by Gasteiger charge is 2.46. The zero-order chi connectivity index (χ0) is 15.5. The van der Waals surface area contributed by atoms with Gasteiger partial charge in [-0.2, -0.15) is 13.2 Å². The second-order valence-electron chi connectivity index (χ2n) is 3.59. The molecule has 0 radical (unpaired) electrons. The first-order valence-corrected chi connectivity index (χ1v) is 4.99. The molecule has 1 atom stereocenters. The van der Waals surface area contributed by atoms with Crippen molar-refractivity contribution < 1.29 is 37.1 Å². The van der Waals surface area contributed by atoms with Gasteiger partial charge in [-0.1, -0.05) is 6.07 Å². The van der Waals surface area contributed by atoms with Crippen LogP contribution in [0.15, 0.2) is 18.2 Å². The van der Waals surface area contributed by atoms with E-state index >= 15 is 0 Å². The molecule has 0 fully saturated rings. The average Bonchev–Trinajstić information content (AvgIpc) is 2.28. The second kappa shape index (κ2) is 5.72. The Bertz CT molecular complexity index is 531. The Morgan fingerprint density at radius 3 is 2.50 bits per heavy atom. The van der Waals surface area contributed by atoms with Gasteiger partial charge in [0.2, 0.25) is 5.75 Å². The van der Waals surface area contributed by atoms with E-state index < -0.39 is 46.8 Å². The van der Waals surface area contributed by atoms with Crippen LogP contribution >= 0.6 is 0 Å². The van der Waals surface area contributed by atoms with Crippen LogP contribution in [0, 0.1) is 21.8 Å². The lowest BCUT2D eigenvalue weighted by molar-refractivity contribution is -0.386. The van der Waals surface area contributed by atoms with Crippen LogP contribution in [-0.2, 0) is 4.79 Å². The first-order valence-electron chi connectivity index (χ1n) is 4.99. The van der Waals surface area contributed by atoms with E-state index in [2.05, 4.69) is 4.74 Å². The van der Waals surface area contributed by atoms with Crippen molar-refractivity contribution in [1.82, 2.24) is 0 Å². The molecular weight excluding hydrogens is 290 g/mol. The van der Waals surface area contributed by atoms with Crippen molar-refractivity contribution in [1.29, 1.82) is 0 Å². The number of hydrogen-bond acceptors (Lipinski definition) is 4. The van der Waals surface area contributed by atoms with Crippen LogP contribution in [0.25, 0.3) is 0 Å². The molecule has 0 aliphatic heterocycles. The predicted molar refractivity (Wildman–Crippen MR) is 55.7 cm³/mol. The molecule has 10 heteroatoms. The van der Waals surface area contributed by atoms with Gasteiger partial charge in [0.25, 0.3) is 0 Å². The molecule has 1 unspecified atom stereocenters. The minimum absolute atomic E-state index is 0.742. The summed E-state index contributed by atoms with van der Waals surface area (Å²) in [6.07, 6.45) is -5.12. The lowest BCUT2D eigenvalue weighted by Crippen LogP contribution is -2.35. The minimum Gasteiger partial charge on any atom is -0.483 e. The third kappa shape index (κ3) is 3.56. The largest absolute Gasteiger partial charge is 0.483 e. The molecule has 0 heterocycles. The molecule has 1 aromatic rings. The number of rotatable bonds is 5. The highest BCUT2D eigenvalue weighted by molar-refractivity contribution is 5.71. The highest BCUT2D eigenvalue weighted by atomic mass is 19.4. The molecule has 0 aromatic heterocycles. The van der Waals surface area contributed by atoms with Gasteiger partial charge in [0.15, 0.2) is 11.7 Å². The third-order valence-electron chi connectivity index (χ3n) is 2.23. The topological polar surface area (TPSA) is 89.7 Å². The fourth-order valence-corrected chi connectivity index (χ4v) is 1.26. The number of carbonyl (C=O) groups is 1. The molecule has 0 bridgehead atoms. The average molecular weight is 297 g/mol. The molecule has 1 N–H and O–H groups in total. The lowest BCUT2D eigenvalue weighted by Gasteiger charge is -2.16. The Hall–Kier alpha value is -2.39. The Morgan fingerprint density at radius 1 is 1.45 bits per heavy atom. The summed E-state index contributed by atoms with van der Waals surface area (Å²) in [4.78, 5) is 20.0. The van der Waals surface area contributed by atoms with Gasteiger partial charge < -0.3 is 9.84 Å². The van der Waals surface area contributed by atoms with Crippen molar-refractivity contribution in [3.05, 3.63) is 34.1 Å². The number of carboxylic acid groups (broad SMARTS) is 1. The van der Waals surface area contributed by atoms with Crippen molar-refractivity contribution in [2.24, 2.45) is 5.92 Å². The highest BCUT2D eigenvalue weighted by Crippen LogP contribution is 2.32. The Balaban J connectivity index is 3.00. The Morgan fingerprint density at radius 2 is 2.05 bits per heavy atom. The molecule has 0 aliphatic rings. The first-order chi connectivity index (χ1) is 9.14. The Labute approximate surface area is 108 Å².